The zero-order chi connectivity index (χ0) is 13.5. The number of hydrogen-bond acceptors (Lipinski definition) is 5. The Morgan fingerprint density at radius 3 is 2.56 bits per heavy atom. The Labute approximate surface area is 105 Å². The van der Waals surface area contributed by atoms with Crippen molar-refractivity contribution in [1.82, 2.24) is 20.2 Å². The van der Waals surface area contributed by atoms with Gasteiger partial charge in [-0.15, -0.1) is 10.2 Å². The second-order valence-electron chi connectivity index (χ2n) is 3.42. The smallest absolute Gasteiger partial charge is 0.274 e. The maximum atomic E-state index is 11.6. The molecule has 0 saturated heterocycles. The van der Waals surface area contributed by atoms with E-state index in [0.29, 0.717) is 11.4 Å². The van der Waals surface area contributed by atoms with Crippen LogP contribution in [0.2, 0.25) is 0 Å². The molecule has 3 N–H and O–H groups in total. The molecule has 0 saturated carbocycles. The molecule has 0 aromatic carbocycles. The van der Waals surface area contributed by atoms with Gasteiger partial charge in [-0.2, -0.15) is 0 Å². The average Bonchev–Trinajstić information content (AvgIpc) is 2.41. The first kappa shape index (κ1) is 14.0. The van der Waals surface area contributed by atoms with Crippen LogP contribution in [-0.2, 0) is 0 Å². The molecule has 2 heterocycles. The van der Waals surface area contributed by atoms with E-state index in [-0.39, 0.29) is 11.3 Å². The Balaban J connectivity index is 0.000000771. The molecular weight excluding hydrogens is 230 g/mol. The molecule has 2 rings (SSSR count). The van der Waals surface area contributed by atoms with E-state index < -0.39 is 6.04 Å². The van der Waals surface area contributed by atoms with E-state index in [1.165, 1.54) is 0 Å². The fourth-order valence-electron chi connectivity index (χ4n) is 1.28. The standard InChI is InChI=1S/C10H11N5O.C2H6/c1-6(11)8-10(16)13-9(15-14-8)7-3-2-4-12-5-7;1-2/h2-6H,11H2,1H3,(H,13,15,16);1-2H3. The van der Waals surface area contributed by atoms with Gasteiger partial charge < -0.3 is 10.7 Å². The highest BCUT2D eigenvalue weighted by molar-refractivity contribution is 5.51. The summed E-state index contributed by atoms with van der Waals surface area (Å²) < 4.78 is 0. The van der Waals surface area contributed by atoms with Gasteiger partial charge in [0, 0.05) is 18.0 Å². The van der Waals surface area contributed by atoms with Crippen molar-refractivity contribution in [1.29, 1.82) is 0 Å². The number of aromatic nitrogens is 4. The molecule has 1 atom stereocenters. The molecule has 6 nitrogen and oxygen atoms in total. The first-order valence-electron chi connectivity index (χ1n) is 5.81. The van der Waals surface area contributed by atoms with Crippen molar-refractivity contribution in [2.24, 2.45) is 5.73 Å². The van der Waals surface area contributed by atoms with Crippen molar-refractivity contribution in [3.63, 3.8) is 0 Å². The number of nitrogens with zero attached hydrogens (tertiary/aromatic N) is 3. The van der Waals surface area contributed by atoms with Crippen molar-refractivity contribution in [2.45, 2.75) is 26.8 Å². The van der Waals surface area contributed by atoms with Crippen molar-refractivity contribution in [2.75, 3.05) is 0 Å². The molecule has 0 aliphatic rings. The molecule has 0 bridgehead atoms. The summed E-state index contributed by atoms with van der Waals surface area (Å²) in [5.74, 6) is 0.391. The van der Waals surface area contributed by atoms with Crippen LogP contribution in [0.4, 0.5) is 0 Å². The molecule has 0 aliphatic heterocycles. The third-order valence-corrected chi connectivity index (χ3v) is 2.09. The summed E-state index contributed by atoms with van der Waals surface area (Å²) >= 11 is 0. The monoisotopic (exact) mass is 247 g/mol. The van der Waals surface area contributed by atoms with Crippen LogP contribution >= 0.6 is 0 Å². The number of H-pyrrole nitrogens is 1. The lowest BCUT2D eigenvalue weighted by molar-refractivity contribution is 0.725. The summed E-state index contributed by atoms with van der Waals surface area (Å²) in [7, 11) is 0. The van der Waals surface area contributed by atoms with Gasteiger partial charge in [0.2, 0.25) is 0 Å². The Morgan fingerprint density at radius 1 is 1.33 bits per heavy atom. The number of hydrogen-bond donors (Lipinski definition) is 2. The third kappa shape index (κ3) is 3.21. The summed E-state index contributed by atoms with van der Waals surface area (Å²) in [5.41, 5.74) is 6.19. The molecule has 18 heavy (non-hydrogen) atoms. The lowest BCUT2D eigenvalue weighted by atomic mass is 10.2. The fraction of sp³-hybridized carbons (Fsp3) is 0.333. The minimum atomic E-state index is -0.431. The van der Waals surface area contributed by atoms with Crippen LogP contribution in [0, 0.1) is 0 Å². The molecule has 0 aliphatic carbocycles. The first-order chi connectivity index (χ1) is 8.68. The van der Waals surface area contributed by atoms with Gasteiger partial charge in [-0.1, -0.05) is 13.8 Å². The lowest BCUT2D eigenvalue weighted by Crippen LogP contribution is -2.23. The van der Waals surface area contributed by atoms with Crippen molar-refractivity contribution >= 4 is 0 Å². The van der Waals surface area contributed by atoms with E-state index in [1.807, 2.05) is 13.8 Å². The predicted octanol–water partition coefficient (Wildman–Crippen LogP) is 1.27. The largest absolute Gasteiger partial charge is 0.323 e. The molecule has 2 aromatic rings. The quantitative estimate of drug-likeness (QED) is 0.832. The Bertz CT molecular complexity index is 536. The zero-order valence-electron chi connectivity index (χ0n) is 10.7. The van der Waals surface area contributed by atoms with E-state index in [4.69, 9.17) is 5.73 Å². The van der Waals surface area contributed by atoms with Crippen molar-refractivity contribution in [3.05, 3.63) is 40.6 Å². The van der Waals surface area contributed by atoms with Gasteiger partial charge in [0.1, 0.15) is 5.69 Å². The number of rotatable bonds is 2. The molecule has 0 radical (unpaired) electrons. The van der Waals surface area contributed by atoms with Crippen LogP contribution < -0.4 is 11.3 Å². The van der Waals surface area contributed by atoms with Crippen LogP contribution in [-0.4, -0.2) is 20.2 Å². The minimum Gasteiger partial charge on any atom is -0.323 e. The fourth-order valence-corrected chi connectivity index (χ4v) is 1.28. The summed E-state index contributed by atoms with van der Waals surface area (Å²) in [6, 6.07) is 3.12. The van der Waals surface area contributed by atoms with Crippen LogP contribution in [0.25, 0.3) is 11.4 Å². The molecule has 2 aromatic heterocycles. The van der Waals surface area contributed by atoms with Gasteiger partial charge in [0.25, 0.3) is 5.56 Å². The van der Waals surface area contributed by atoms with Crippen LogP contribution in [0.3, 0.4) is 0 Å². The number of nitrogens with one attached hydrogen (secondary N) is 1. The number of pyridine rings is 1. The van der Waals surface area contributed by atoms with Gasteiger partial charge in [0.05, 0.1) is 6.04 Å². The van der Waals surface area contributed by atoms with Gasteiger partial charge >= 0.3 is 0 Å². The number of nitrogens with two attached hydrogens (primary N) is 1. The van der Waals surface area contributed by atoms with Gasteiger partial charge in [0.15, 0.2) is 5.82 Å². The second kappa shape index (κ2) is 6.61. The Kier molecular flexibility index (Phi) is 5.13. The SMILES string of the molecule is CC.CC(N)c1nnc(-c2cccnc2)[nH]c1=O. The normalized spacial score (nSPS) is 11.3. The molecule has 96 valence electrons. The third-order valence-electron chi connectivity index (χ3n) is 2.09. The highest BCUT2D eigenvalue weighted by Crippen LogP contribution is 2.09. The van der Waals surface area contributed by atoms with Crippen LogP contribution in [0.5, 0.6) is 0 Å². The Morgan fingerprint density at radius 2 is 2.06 bits per heavy atom. The highest BCUT2D eigenvalue weighted by atomic mass is 16.1. The Hall–Kier alpha value is -2.08. The summed E-state index contributed by atoms with van der Waals surface area (Å²) in [6.45, 7) is 5.68. The van der Waals surface area contributed by atoms with Gasteiger partial charge in [-0.05, 0) is 19.1 Å². The van der Waals surface area contributed by atoms with E-state index in [2.05, 4.69) is 20.2 Å². The predicted molar refractivity (Wildman–Crippen MR) is 69.8 cm³/mol. The average molecular weight is 247 g/mol. The van der Waals surface area contributed by atoms with E-state index in [9.17, 15) is 4.79 Å². The highest BCUT2D eigenvalue weighted by Gasteiger charge is 2.09. The van der Waals surface area contributed by atoms with E-state index in [1.54, 1.807) is 31.5 Å². The molecule has 6 heteroatoms. The molecular formula is C12H17N5O. The van der Waals surface area contributed by atoms with Crippen LogP contribution in [0.15, 0.2) is 29.3 Å². The summed E-state index contributed by atoms with van der Waals surface area (Å²) in [6.07, 6.45) is 3.25. The van der Waals surface area contributed by atoms with Gasteiger partial charge in [-0.3, -0.25) is 9.78 Å². The van der Waals surface area contributed by atoms with Crippen molar-refractivity contribution < 1.29 is 0 Å². The first-order valence-corrected chi connectivity index (χ1v) is 5.81. The molecule has 0 spiro atoms. The minimum absolute atomic E-state index is 0.229. The maximum absolute atomic E-state index is 11.6. The molecule has 0 fully saturated rings. The summed E-state index contributed by atoms with van der Waals surface area (Å²) in [4.78, 5) is 18.2. The lowest BCUT2D eigenvalue weighted by Gasteiger charge is -2.03. The number of aromatic amines is 1. The second-order valence-corrected chi connectivity index (χ2v) is 3.42. The van der Waals surface area contributed by atoms with Gasteiger partial charge in [-0.25, -0.2) is 0 Å². The van der Waals surface area contributed by atoms with E-state index >= 15 is 0 Å². The van der Waals surface area contributed by atoms with E-state index in [0.717, 1.165) is 0 Å². The molecule has 0 amide bonds. The van der Waals surface area contributed by atoms with Crippen LogP contribution in [0.1, 0.15) is 32.5 Å². The summed E-state index contributed by atoms with van der Waals surface area (Å²) in [5, 5.41) is 7.71. The maximum Gasteiger partial charge on any atom is 0.274 e. The molecule has 1 unspecified atom stereocenters. The zero-order valence-corrected chi connectivity index (χ0v) is 10.7. The topological polar surface area (TPSA) is 97.5 Å². The van der Waals surface area contributed by atoms with Crippen molar-refractivity contribution in [3.8, 4) is 11.4 Å².